The van der Waals surface area contributed by atoms with Crippen LogP contribution in [0.1, 0.15) is 43.6 Å². The molecule has 2 aromatic rings. The van der Waals surface area contributed by atoms with Crippen LogP contribution in [0.15, 0.2) is 29.3 Å². The number of piperidine rings is 1. The monoisotopic (exact) mass is 465 g/mol. The molecule has 1 atom stereocenters. The fourth-order valence-corrected chi connectivity index (χ4v) is 5.27. The molecule has 3 amide bonds. The lowest BCUT2D eigenvalue weighted by atomic mass is 10.1. The van der Waals surface area contributed by atoms with Crippen LogP contribution in [0.3, 0.4) is 0 Å². The Balaban J connectivity index is 1.52. The molecule has 4 heterocycles. The highest BCUT2D eigenvalue weighted by Gasteiger charge is 2.54. The van der Waals surface area contributed by atoms with Crippen LogP contribution in [-0.2, 0) is 4.79 Å². The molecule has 1 unspecified atom stereocenters. The molecule has 34 heavy (non-hydrogen) atoms. The van der Waals surface area contributed by atoms with Crippen LogP contribution < -0.4 is 9.30 Å². The Hall–Kier alpha value is -3.20. The van der Waals surface area contributed by atoms with Crippen molar-refractivity contribution >= 4 is 23.7 Å². The molecule has 3 aliphatic rings. The number of hydrogen-bond acceptors (Lipinski definition) is 5. The lowest BCUT2D eigenvalue weighted by Gasteiger charge is -2.35. The number of carbonyl (C=O) groups excluding carboxylic acids is 2. The topological polar surface area (TPSA) is 74.3 Å². The predicted octanol–water partition coefficient (Wildman–Crippen LogP) is 2.74. The summed E-state index contributed by atoms with van der Waals surface area (Å²) < 4.78 is 9.87. The summed E-state index contributed by atoms with van der Waals surface area (Å²) in [6, 6.07) is 6.87. The number of carbonyl (C=O) groups is 2. The summed E-state index contributed by atoms with van der Waals surface area (Å²) in [6.45, 7) is 9.69. The number of nitrogens with zero attached hydrogens (tertiary/aromatic N) is 6. The number of amidine groups is 1. The number of benzene rings is 1. The number of rotatable bonds is 6. The molecule has 0 radical (unpaired) electrons. The predicted molar refractivity (Wildman–Crippen MR) is 128 cm³/mol. The zero-order valence-corrected chi connectivity index (χ0v) is 20.5. The number of imide groups is 1. The van der Waals surface area contributed by atoms with Gasteiger partial charge in [0.05, 0.1) is 6.61 Å². The molecule has 1 aromatic carbocycles. The van der Waals surface area contributed by atoms with Crippen molar-refractivity contribution in [3.8, 4) is 11.4 Å². The van der Waals surface area contributed by atoms with Gasteiger partial charge in [0.25, 0.3) is 5.91 Å². The summed E-state index contributed by atoms with van der Waals surface area (Å²) in [6.07, 6.45) is 3.61. The maximum atomic E-state index is 13.7. The van der Waals surface area contributed by atoms with E-state index in [-0.39, 0.29) is 11.9 Å². The van der Waals surface area contributed by atoms with Crippen LogP contribution in [0, 0.1) is 13.8 Å². The fourth-order valence-electron chi connectivity index (χ4n) is 5.27. The third kappa shape index (κ3) is 3.50. The van der Waals surface area contributed by atoms with Gasteiger partial charge in [0.2, 0.25) is 11.9 Å². The lowest BCUT2D eigenvalue weighted by molar-refractivity contribution is -0.682. The maximum Gasteiger partial charge on any atom is 0.407 e. The van der Waals surface area contributed by atoms with Gasteiger partial charge in [-0.25, -0.2) is 9.36 Å². The van der Waals surface area contributed by atoms with Gasteiger partial charge in [-0.15, -0.1) is 0 Å². The Bertz CT molecular complexity index is 1160. The van der Waals surface area contributed by atoms with Crippen molar-refractivity contribution in [2.24, 2.45) is 4.99 Å². The number of urea groups is 1. The number of ether oxygens (including phenoxy) is 1. The summed E-state index contributed by atoms with van der Waals surface area (Å²) in [7, 11) is 1.71. The van der Waals surface area contributed by atoms with Gasteiger partial charge in [0.15, 0.2) is 5.75 Å². The van der Waals surface area contributed by atoms with Crippen molar-refractivity contribution in [2.75, 3.05) is 39.8 Å². The molecule has 3 aliphatic heterocycles. The Kier molecular flexibility index (Phi) is 5.89. The van der Waals surface area contributed by atoms with Gasteiger partial charge < -0.3 is 9.64 Å². The molecule has 180 valence electrons. The first-order valence-electron chi connectivity index (χ1n) is 12.2. The molecule has 0 N–H and O–H groups in total. The molecular formula is C25H33N6O3+. The van der Waals surface area contributed by atoms with E-state index in [1.807, 2.05) is 54.2 Å². The third-order valence-corrected chi connectivity index (χ3v) is 7.21. The number of fused-ring (bicyclic) bond motifs is 3. The van der Waals surface area contributed by atoms with Gasteiger partial charge in [0.1, 0.15) is 17.1 Å². The minimum absolute atomic E-state index is 0.207. The standard InChI is InChI=1S/C25H33N6O3/c1-5-34-20-12-8-7-11-19(20)30-17(2)18(3)31-21-22(26-24(30)31)27(4)25(33)29(23(21)32)16-15-28-13-9-6-10-14-28/h7-8,11-12,21H,5-6,9-10,13-16H2,1-4H3/q+1. The van der Waals surface area contributed by atoms with Crippen molar-refractivity contribution in [2.45, 2.75) is 46.1 Å². The van der Waals surface area contributed by atoms with E-state index in [0.29, 0.717) is 31.5 Å². The molecular weight excluding hydrogens is 432 g/mol. The Labute approximate surface area is 200 Å². The van der Waals surface area contributed by atoms with Crippen LogP contribution in [0.4, 0.5) is 10.7 Å². The summed E-state index contributed by atoms with van der Waals surface area (Å²) in [4.78, 5) is 37.0. The molecule has 5 rings (SSSR count). The van der Waals surface area contributed by atoms with Gasteiger partial charge in [-0.3, -0.25) is 14.6 Å². The number of likely N-dealkylation sites (N-methyl/N-ethyl adjacent to an activating group) is 1. The van der Waals surface area contributed by atoms with Gasteiger partial charge in [0, 0.05) is 20.1 Å². The second kappa shape index (κ2) is 8.87. The van der Waals surface area contributed by atoms with Crippen LogP contribution in [0.2, 0.25) is 0 Å². The van der Waals surface area contributed by atoms with E-state index in [9.17, 15) is 9.59 Å². The van der Waals surface area contributed by atoms with Crippen LogP contribution in [0.5, 0.6) is 5.75 Å². The SMILES string of the molecule is CCOc1ccccc1-n1c(C)c(C)[n+]2c1N=C1C2C(=O)N(CCN2CCCCC2)C(=O)N1C. The summed E-state index contributed by atoms with van der Waals surface area (Å²) in [5.74, 6) is 1.65. The first-order chi connectivity index (χ1) is 16.4. The van der Waals surface area contributed by atoms with Crippen molar-refractivity contribution in [1.29, 1.82) is 0 Å². The van der Waals surface area contributed by atoms with Crippen molar-refractivity contribution in [1.82, 2.24) is 19.3 Å². The zero-order chi connectivity index (χ0) is 24.0. The van der Waals surface area contributed by atoms with Crippen molar-refractivity contribution < 1.29 is 18.9 Å². The molecule has 9 heteroatoms. The Morgan fingerprint density at radius 2 is 1.82 bits per heavy atom. The quantitative estimate of drug-likeness (QED) is 0.615. The molecule has 2 fully saturated rings. The van der Waals surface area contributed by atoms with Crippen molar-refractivity contribution in [3.63, 3.8) is 0 Å². The zero-order valence-electron chi connectivity index (χ0n) is 20.5. The second-order valence-corrected chi connectivity index (χ2v) is 9.18. The number of aliphatic imine (C=N–C) groups is 1. The minimum Gasteiger partial charge on any atom is -0.490 e. The lowest BCUT2D eigenvalue weighted by Crippen LogP contribution is -2.64. The molecule has 0 spiro atoms. The minimum atomic E-state index is -0.640. The van der Waals surface area contributed by atoms with E-state index in [1.54, 1.807) is 7.05 Å². The summed E-state index contributed by atoms with van der Waals surface area (Å²) in [5, 5.41) is 0. The normalized spacial score (nSPS) is 20.5. The second-order valence-electron chi connectivity index (χ2n) is 9.18. The highest BCUT2D eigenvalue weighted by molar-refractivity contribution is 6.19. The van der Waals surface area contributed by atoms with E-state index in [0.717, 1.165) is 35.9 Å². The number of amides is 3. The molecule has 1 aromatic heterocycles. The first-order valence-corrected chi connectivity index (χ1v) is 12.2. The average Bonchev–Trinajstić information content (AvgIpc) is 3.34. The number of hydrogen-bond donors (Lipinski definition) is 0. The number of likely N-dealkylation sites (tertiary alicyclic amines) is 1. The highest BCUT2D eigenvalue weighted by atomic mass is 16.5. The van der Waals surface area contributed by atoms with Gasteiger partial charge in [-0.1, -0.05) is 23.5 Å². The van der Waals surface area contributed by atoms with Gasteiger partial charge in [-0.2, -0.15) is 4.57 Å². The molecule has 2 saturated heterocycles. The van der Waals surface area contributed by atoms with Gasteiger partial charge >= 0.3 is 12.0 Å². The molecule has 0 saturated carbocycles. The largest absolute Gasteiger partial charge is 0.490 e. The van der Waals surface area contributed by atoms with Crippen LogP contribution in [0.25, 0.3) is 5.69 Å². The first kappa shape index (κ1) is 22.6. The van der Waals surface area contributed by atoms with E-state index >= 15 is 0 Å². The van der Waals surface area contributed by atoms with Crippen LogP contribution in [-0.4, -0.2) is 76.9 Å². The van der Waals surface area contributed by atoms with E-state index < -0.39 is 6.04 Å². The summed E-state index contributed by atoms with van der Waals surface area (Å²) >= 11 is 0. The number of imidazole rings is 1. The third-order valence-electron chi connectivity index (χ3n) is 7.21. The van der Waals surface area contributed by atoms with Gasteiger partial charge in [-0.05, 0) is 58.8 Å². The average molecular weight is 466 g/mol. The smallest absolute Gasteiger partial charge is 0.407 e. The maximum absolute atomic E-state index is 13.7. The molecule has 9 nitrogen and oxygen atoms in total. The Morgan fingerprint density at radius 1 is 1.09 bits per heavy atom. The molecule has 0 aliphatic carbocycles. The molecule has 0 bridgehead atoms. The Morgan fingerprint density at radius 3 is 2.56 bits per heavy atom. The van der Waals surface area contributed by atoms with E-state index in [4.69, 9.17) is 9.73 Å². The van der Waals surface area contributed by atoms with Crippen LogP contribution >= 0.6 is 0 Å². The summed E-state index contributed by atoms with van der Waals surface area (Å²) in [5.41, 5.74) is 2.79. The fraction of sp³-hybridized carbons (Fsp3) is 0.520. The van der Waals surface area contributed by atoms with E-state index in [2.05, 4.69) is 4.90 Å². The number of aromatic nitrogens is 2. The highest BCUT2D eigenvalue weighted by Crippen LogP contribution is 2.35. The number of para-hydroxylation sites is 2. The van der Waals surface area contributed by atoms with E-state index in [1.165, 1.54) is 29.1 Å². The van der Waals surface area contributed by atoms with Crippen molar-refractivity contribution in [3.05, 3.63) is 35.7 Å².